The zero-order valence-electron chi connectivity index (χ0n) is 12.0. The van der Waals surface area contributed by atoms with Crippen molar-refractivity contribution in [2.24, 2.45) is 0 Å². The van der Waals surface area contributed by atoms with Crippen LogP contribution in [0, 0.1) is 3.57 Å². The average Bonchev–Trinajstić information content (AvgIpc) is 2.38. The van der Waals surface area contributed by atoms with Gasteiger partial charge in [-0.15, -0.1) is 0 Å². The number of rotatable bonds is 2. The number of hydrogen-bond donors (Lipinski definition) is 1. The van der Waals surface area contributed by atoms with E-state index in [-0.39, 0.29) is 5.41 Å². The smallest absolute Gasteiger partial charge is 0.227 e. The summed E-state index contributed by atoms with van der Waals surface area (Å²) in [6.45, 7) is 9.74. The summed E-state index contributed by atoms with van der Waals surface area (Å²) in [5, 5.41) is 3.17. The molecule has 106 valence electrons. The second-order valence-electron chi connectivity index (χ2n) is 5.63. The van der Waals surface area contributed by atoms with E-state index >= 15 is 0 Å². The van der Waals surface area contributed by atoms with Gasteiger partial charge < -0.3 is 15.0 Å². The Morgan fingerprint density at radius 2 is 1.84 bits per heavy atom. The zero-order chi connectivity index (χ0) is 14.0. The van der Waals surface area contributed by atoms with Crippen molar-refractivity contribution < 1.29 is 4.74 Å². The predicted molar refractivity (Wildman–Crippen MR) is 86.0 cm³/mol. The number of morpholine rings is 1. The molecule has 0 bridgehead atoms. The molecule has 1 saturated heterocycles. The largest absolute Gasteiger partial charge is 0.378 e. The quantitative estimate of drug-likeness (QED) is 0.803. The molecule has 19 heavy (non-hydrogen) atoms. The van der Waals surface area contributed by atoms with Crippen molar-refractivity contribution >= 4 is 34.4 Å². The molecular formula is C13H21IN4O. The topological polar surface area (TPSA) is 50.3 Å². The molecule has 1 aliphatic heterocycles. The van der Waals surface area contributed by atoms with Crippen LogP contribution in [0.3, 0.4) is 0 Å². The molecule has 1 fully saturated rings. The van der Waals surface area contributed by atoms with Gasteiger partial charge >= 0.3 is 0 Å². The van der Waals surface area contributed by atoms with Crippen LogP contribution in [-0.2, 0) is 10.2 Å². The highest BCUT2D eigenvalue weighted by Gasteiger charge is 2.25. The van der Waals surface area contributed by atoms with Crippen LogP contribution in [0.4, 0.5) is 11.8 Å². The predicted octanol–water partition coefficient (Wildman–Crippen LogP) is 2.26. The van der Waals surface area contributed by atoms with Crippen molar-refractivity contribution in [1.82, 2.24) is 9.97 Å². The van der Waals surface area contributed by atoms with Crippen molar-refractivity contribution in [3.63, 3.8) is 0 Å². The maximum Gasteiger partial charge on any atom is 0.227 e. The summed E-state index contributed by atoms with van der Waals surface area (Å²) in [5.41, 5.74) is 1.10. The maximum atomic E-state index is 5.38. The van der Waals surface area contributed by atoms with E-state index in [1.807, 2.05) is 7.05 Å². The monoisotopic (exact) mass is 376 g/mol. The summed E-state index contributed by atoms with van der Waals surface area (Å²) < 4.78 is 6.49. The molecule has 1 aliphatic rings. The van der Waals surface area contributed by atoms with Crippen LogP contribution in [-0.4, -0.2) is 43.3 Å². The number of aromatic nitrogens is 2. The third kappa shape index (κ3) is 3.28. The van der Waals surface area contributed by atoms with E-state index < -0.39 is 0 Å². The Bertz CT molecular complexity index is 453. The summed E-state index contributed by atoms with van der Waals surface area (Å²) >= 11 is 2.32. The Morgan fingerprint density at radius 3 is 2.37 bits per heavy atom. The fraction of sp³-hybridized carbons (Fsp3) is 0.692. The summed E-state index contributed by atoms with van der Waals surface area (Å²) in [5.74, 6) is 1.71. The zero-order valence-corrected chi connectivity index (χ0v) is 14.1. The standard InChI is InChI=1S/C13H21IN4O/c1-13(2,3)10-9(14)11(15-4)17-12(16-10)18-5-7-19-8-6-18/h5-8H2,1-4H3,(H,15,16,17). The number of nitrogens with one attached hydrogen (secondary N) is 1. The van der Waals surface area contributed by atoms with Gasteiger partial charge in [-0.1, -0.05) is 20.8 Å². The number of halogens is 1. The van der Waals surface area contributed by atoms with Crippen molar-refractivity contribution in [1.29, 1.82) is 0 Å². The van der Waals surface area contributed by atoms with Gasteiger partial charge in [0, 0.05) is 25.6 Å². The molecule has 5 nitrogen and oxygen atoms in total. The fourth-order valence-corrected chi connectivity index (χ4v) is 3.32. The number of hydrogen-bond acceptors (Lipinski definition) is 5. The molecule has 2 rings (SSSR count). The highest BCUT2D eigenvalue weighted by Crippen LogP contribution is 2.31. The molecule has 0 radical (unpaired) electrons. The summed E-state index contributed by atoms with van der Waals surface area (Å²) in [6, 6.07) is 0. The molecule has 0 saturated carbocycles. The van der Waals surface area contributed by atoms with Gasteiger partial charge in [-0.3, -0.25) is 0 Å². The van der Waals surface area contributed by atoms with Crippen LogP contribution in [0.5, 0.6) is 0 Å². The van der Waals surface area contributed by atoms with E-state index in [0.29, 0.717) is 0 Å². The minimum Gasteiger partial charge on any atom is -0.378 e. The lowest BCUT2D eigenvalue weighted by atomic mass is 9.92. The summed E-state index contributed by atoms with van der Waals surface area (Å²) in [7, 11) is 1.90. The Labute approximate surface area is 128 Å². The molecule has 0 aliphatic carbocycles. The normalized spacial score (nSPS) is 16.6. The number of nitrogens with zero attached hydrogens (tertiary/aromatic N) is 3. The molecule has 0 amide bonds. The van der Waals surface area contributed by atoms with Gasteiger partial charge in [0.15, 0.2) is 0 Å². The van der Waals surface area contributed by atoms with Crippen molar-refractivity contribution in [3.05, 3.63) is 9.26 Å². The van der Waals surface area contributed by atoms with Gasteiger partial charge in [-0.05, 0) is 22.6 Å². The number of ether oxygens (including phenoxy) is 1. The van der Waals surface area contributed by atoms with E-state index in [4.69, 9.17) is 9.72 Å². The fourth-order valence-electron chi connectivity index (χ4n) is 2.00. The van der Waals surface area contributed by atoms with E-state index in [1.54, 1.807) is 0 Å². The van der Waals surface area contributed by atoms with Crippen LogP contribution in [0.25, 0.3) is 0 Å². The molecule has 0 atom stereocenters. The third-order valence-corrected chi connectivity index (χ3v) is 4.10. The SMILES string of the molecule is CNc1nc(N2CCOCC2)nc(C(C)(C)C)c1I. The third-order valence-electron chi connectivity index (χ3n) is 3.08. The van der Waals surface area contributed by atoms with Gasteiger partial charge in [0.25, 0.3) is 0 Å². The van der Waals surface area contributed by atoms with Crippen molar-refractivity contribution in [2.45, 2.75) is 26.2 Å². The lowest BCUT2D eigenvalue weighted by molar-refractivity contribution is 0.122. The first-order valence-corrected chi connectivity index (χ1v) is 7.60. The molecule has 1 aromatic rings. The van der Waals surface area contributed by atoms with Gasteiger partial charge in [-0.25, -0.2) is 4.98 Å². The second-order valence-corrected chi connectivity index (χ2v) is 6.71. The molecule has 0 unspecified atom stereocenters. The number of anilines is 2. The Morgan fingerprint density at radius 1 is 1.21 bits per heavy atom. The molecule has 0 aromatic carbocycles. The molecule has 2 heterocycles. The van der Waals surface area contributed by atoms with Crippen LogP contribution in [0.2, 0.25) is 0 Å². The highest BCUT2D eigenvalue weighted by molar-refractivity contribution is 14.1. The minimum atomic E-state index is 0.00605. The van der Waals surface area contributed by atoms with Gasteiger partial charge in [-0.2, -0.15) is 4.98 Å². The molecule has 6 heteroatoms. The van der Waals surface area contributed by atoms with Gasteiger partial charge in [0.05, 0.1) is 22.5 Å². The van der Waals surface area contributed by atoms with Crippen LogP contribution < -0.4 is 10.2 Å². The van der Waals surface area contributed by atoms with E-state index in [0.717, 1.165) is 47.3 Å². The Hall–Kier alpha value is -0.630. The van der Waals surface area contributed by atoms with Crippen LogP contribution in [0.1, 0.15) is 26.5 Å². The van der Waals surface area contributed by atoms with Crippen LogP contribution in [0.15, 0.2) is 0 Å². The minimum absolute atomic E-state index is 0.00605. The first-order valence-electron chi connectivity index (χ1n) is 6.52. The first kappa shape index (κ1) is 14.8. The van der Waals surface area contributed by atoms with E-state index in [2.05, 4.69) is 58.6 Å². The van der Waals surface area contributed by atoms with Gasteiger partial charge in [0.2, 0.25) is 5.95 Å². The Balaban J connectivity index is 2.44. The lowest BCUT2D eigenvalue weighted by Gasteiger charge is -2.29. The molecule has 1 N–H and O–H groups in total. The molecule has 0 spiro atoms. The molecule has 1 aromatic heterocycles. The summed E-state index contributed by atoms with van der Waals surface area (Å²) in [4.78, 5) is 11.6. The maximum absolute atomic E-state index is 5.38. The Kier molecular flexibility index (Phi) is 4.50. The average molecular weight is 376 g/mol. The first-order chi connectivity index (χ1) is 8.93. The summed E-state index contributed by atoms with van der Waals surface area (Å²) in [6.07, 6.45) is 0. The lowest BCUT2D eigenvalue weighted by Crippen LogP contribution is -2.38. The van der Waals surface area contributed by atoms with Gasteiger partial charge in [0.1, 0.15) is 5.82 Å². The van der Waals surface area contributed by atoms with E-state index in [9.17, 15) is 0 Å². The van der Waals surface area contributed by atoms with Crippen LogP contribution >= 0.6 is 22.6 Å². The highest BCUT2D eigenvalue weighted by atomic mass is 127. The second kappa shape index (κ2) is 5.78. The van der Waals surface area contributed by atoms with Crippen molar-refractivity contribution in [2.75, 3.05) is 43.6 Å². The van der Waals surface area contributed by atoms with E-state index in [1.165, 1.54) is 0 Å². The molecular weight excluding hydrogens is 355 g/mol. The van der Waals surface area contributed by atoms with Crippen molar-refractivity contribution in [3.8, 4) is 0 Å².